The Hall–Kier alpha value is -2.99. The molecule has 1 aliphatic heterocycles. The number of carbonyl (C=O) groups is 1. The van der Waals surface area contributed by atoms with Crippen LogP contribution < -0.4 is 5.32 Å². The third-order valence-corrected chi connectivity index (χ3v) is 6.20. The van der Waals surface area contributed by atoms with Gasteiger partial charge in [-0.25, -0.2) is 0 Å². The zero-order chi connectivity index (χ0) is 22.7. The molecule has 4 rings (SSSR count). The number of para-hydroxylation sites is 1. The van der Waals surface area contributed by atoms with Crippen molar-refractivity contribution in [1.82, 2.24) is 15.0 Å². The minimum Gasteiger partial charge on any atom is -0.338 e. The van der Waals surface area contributed by atoms with Gasteiger partial charge in [-0.05, 0) is 55.5 Å². The molecule has 3 aromatic rings. The highest BCUT2D eigenvalue weighted by atomic mass is 16.5. The highest BCUT2D eigenvalue weighted by Gasteiger charge is 2.26. The van der Waals surface area contributed by atoms with Gasteiger partial charge in [0.2, 0.25) is 17.6 Å². The predicted molar refractivity (Wildman–Crippen MR) is 126 cm³/mol. The number of hydrogen-bond acceptors (Lipinski definition) is 5. The van der Waals surface area contributed by atoms with E-state index in [2.05, 4.69) is 53.3 Å². The lowest BCUT2D eigenvalue weighted by Crippen LogP contribution is -2.37. The maximum atomic E-state index is 12.7. The van der Waals surface area contributed by atoms with Crippen LogP contribution in [0, 0.1) is 12.8 Å². The summed E-state index contributed by atoms with van der Waals surface area (Å²) in [5, 5.41) is 7.25. The minimum absolute atomic E-state index is 0.0328. The molecule has 0 unspecified atom stereocenters. The highest BCUT2D eigenvalue weighted by Crippen LogP contribution is 2.26. The van der Waals surface area contributed by atoms with E-state index in [9.17, 15) is 4.79 Å². The number of likely N-dealkylation sites (tertiary alicyclic amines) is 1. The van der Waals surface area contributed by atoms with Gasteiger partial charge in [-0.2, -0.15) is 4.98 Å². The van der Waals surface area contributed by atoms with E-state index in [1.54, 1.807) is 0 Å². The first-order valence-electron chi connectivity index (χ1n) is 11.3. The third kappa shape index (κ3) is 5.25. The number of nitrogens with zero attached hydrogens (tertiary/aromatic N) is 3. The van der Waals surface area contributed by atoms with Gasteiger partial charge in [0.1, 0.15) is 0 Å². The van der Waals surface area contributed by atoms with E-state index in [0.717, 1.165) is 42.7 Å². The fourth-order valence-corrected chi connectivity index (χ4v) is 4.05. The smallest absolute Gasteiger partial charge is 0.241 e. The van der Waals surface area contributed by atoms with E-state index in [1.165, 1.54) is 5.56 Å². The number of rotatable bonds is 5. The van der Waals surface area contributed by atoms with E-state index in [4.69, 9.17) is 4.52 Å². The Morgan fingerprint density at radius 1 is 1.09 bits per heavy atom. The van der Waals surface area contributed by atoms with Crippen LogP contribution in [0.25, 0.3) is 11.4 Å². The summed E-state index contributed by atoms with van der Waals surface area (Å²) in [4.78, 5) is 19.5. The summed E-state index contributed by atoms with van der Waals surface area (Å²) in [5.41, 5.74) is 4.33. The molecule has 0 atom stereocenters. The van der Waals surface area contributed by atoms with Crippen molar-refractivity contribution < 1.29 is 9.32 Å². The molecule has 2 heterocycles. The van der Waals surface area contributed by atoms with Gasteiger partial charge < -0.3 is 9.84 Å². The molecule has 6 heteroatoms. The molecule has 0 bridgehead atoms. The molecule has 2 aromatic carbocycles. The van der Waals surface area contributed by atoms with Gasteiger partial charge in [0.05, 0.1) is 6.54 Å². The van der Waals surface area contributed by atoms with E-state index in [0.29, 0.717) is 18.3 Å². The van der Waals surface area contributed by atoms with Crippen molar-refractivity contribution in [3.05, 3.63) is 65.5 Å². The van der Waals surface area contributed by atoms with E-state index in [1.807, 2.05) is 43.3 Å². The standard InChI is InChI=1S/C26H32N4O2/c1-18-7-5-6-8-22(18)27-25(31)20-13-15-30(16-14-20)17-23-28-24(29-32-23)19-9-11-21(12-10-19)26(2,3)4/h5-12,20H,13-17H2,1-4H3,(H,27,31). The Bertz CT molecular complexity index is 1060. The second-order valence-corrected chi connectivity index (χ2v) is 9.69. The Labute approximate surface area is 190 Å². The molecule has 0 spiro atoms. The maximum absolute atomic E-state index is 12.7. The quantitative estimate of drug-likeness (QED) is 0.600. The summed E-state index contributed by atoms with van der Waals surface area (Å²) in [6.07, 6.45) is 1.65. The second-order valence-electron chi connectivity index (χ2n) is 9.69. The number of aromatic nitrogens is 2. The number of piperidine rings is 1. The zero-order valence-corrected chi connectivity index (χ0v) is 19.4. The largest absolute Gasteiger partial charge is 0.338 e. The van der Waals surface area contributed by atoms with Gasteiger partial charge >= 0.3 is 0 Å². The van der Waals surface area contributed by atoms with Gasteiger partial charge in [-0.15, -0.1) is 0 Å². The van der Waals surface area contributed by atoms with Crippen LogP contribution in [-0.2, 0) is 16.8 Å². The van der Waals surface area contributed by atoms with Crippen molar-refractivity contribution in [3.8, 4) is 11.4 Å². The molecule has 6 nitrogen and oxygen atoms in total. The van der Waals surface area contributed by atoms with Gasteiger partial charge in [-0.1, -0.05) is 68.4 Å². The average molecular weight is 433 g/mol. The van der Waals surface area contributed by atoms with Crippen LogP contribution in [0.4, 0.5) is 5.69 Å². The number of nitrogens with one attached hydrogen (secondary N) is 1. The van der Waals surface area contributed by atoms with Crippen molar-refractivity contribution in [2.24, 2.45) is 5.92 Å². The lowest BCUT2D eigenvalue weighted by atomic mass is 9.87. The molecule has 0 radical (unpaired) electrons. The summed E-state index contributed by atoms with van der Waals surface area (Å²) in [5.74, 6) is 1.37. The number of anilines is 1. The minimum atomic E-state index is 0.0328. The molecular weight excluding hydrogens is 400 g/mol. The lowest BCUT2D eigenvalue weighted by molar-refractivity contribution is -0.121. The molecule has 1 aliphatic rings. The van der Waals surface area contributed by atoms with E-state index < -0.39 is 0 Å². The monoisotopic (exact) mass is 432 g/mol. The molecule has 1 aromatic heterocycles. The van der Waals surface area contributed by atoms with E-state index >= 15 is 0 Å². The van der Waals surface area contributed by atoms with Crippen molar-refractivity contribution in [2.45, 2.75) is 52.5 Å². The van der Waals surface area contributed by atoms with Gasteiger partial charge in [0.25, 0.3) is 0 Å². The lowest BCUT2D eigenvalue weighted by Gasteiger charge is -2.30. The van der Waals surface area contributed by atoms with Crippen molar-refractivity contribution in [3.63, 3.8) is 0 Å². The van der Waals surface area contributed by atoms with Crippen LogP contribution in [0.1, 0.15) is 50.6 Å². The average Bonchev–Trinajstić information content (AvgIpc) is 3.24. The molecular formula is C26H32N4O2. The molecule has 1 N–H and O–H groups in total. The predicted octanol–water partition coefficient (Wildman–Crippen LogP) is 5.19. The molecule has 1 amide bonds. The molecule has 0 saturated carbocycles. The summed E-state index contributed by atoms with van der Waals surface area (Å²) >= 11 is 0. The number of aryl methyl sites for hydroxylation is 1. The SMILES string of the molecule is Cc1ccccc1NC(=O)C1CCN(Cc2nc(-c3ccc(C(C)(C)C)cc3)no2)CC1. The van der Waals surface area contributed by atoms with Crippen LogP contribution >= 0.6 is 0 Å². The summed E-state index contributed by atoms with van der Waals surface area (Å²) in [6.45, 7) is 10.9. The highest BCUT2D eigenvalue weighted by molar-refractivity contribution is 5.93. The number of benzene rings is 2. The van der Waals surface area contributed by atoms with Crippen LogP contribution in [0.2, 0.25) is 0 Å². The fraction of sp³-hybridized carbons (Fsp3) is 0.423. The Balaban J connectivity index is 1.30. The maximum Gasteiger partial charge on any atom is 0.241 e. The topological polar surface area (TPSA) is 71.3 Å². The fourth-order valence-electron chi connectivity index (χ4n) is 4.05. The molecule has 1 saturated heterocycles. The first kappa shape index (κ1) is 22.2. The number of hydrogen-bond donors (Lipinski definition) is 1. The van der Waals surface area contributed by atoms with Crippen LogP contribution in [0.15, 0.2) is 53.1 Å². The third-order valence-electron chi connectivity index (χ3n) is 6.20. The second kappa shape index (κ2) is 9.25. The Morgan fingerprint density at radius 3 is 2.44 bits per heavy atom. The van der Waals surface area contributed by atoms with Crippen molar-refractivity contribution in [1.29, 1.82) is 0 Å². The zero-order valence-electron chi connectivity index (χ0n) is 19.4. The summed E-state index contributed by atoms with van der Waals surface area (Å²) in [6, 6.07) is 16.2. The van der Waals surface area contributed by atoms with Crippen LogP contribution in [-0.4, -0.2) is 34.0 Å². The van der Waals surface area contributed by atoms with Crippen molar-refractivity contribution >= 4 is 11.6 Å². The molecule has 168 valence electrons. The van der Waals surface area contributed by atoms with Crippen LogP contribution in [0.3, 0.4) is 0 Å². The molecule has 0 aliphatic carbocycles. The first-order valence-corrected chi connectivity index (χ1v) is 11.3. The van der Waals surface area contributed by atoms with Crippen molar-refractivity contribution in [2.75, 3.05) is 18.4 Å². The Kier molecular flexibility index (Phi) is 6.42. The number of amides is 1. The van der Waals surface area contributed by atoms with E-state index in [-0.39, 0.29) is 17.2 Å². The molecule has 32 heavy (non-hydrogen) atoms. The van der Waals surface area contributed by atoms with Gasteiger partial charge in [0, 0.05) is 17.2 Å². The van der Waals surface area contributed by atoms with Gasteiger partial charge in [-0.3, -0.25) is 9.69 Å². The first-order chi connectivity index (χ1) is 15.3. The normalized spacial score (nSPS) is 15.6. The summed E-state index contributed by atoms with van der Waals surface area (Å²) < 4.78 is 5.50. The van der Waals surface area contributed by atoms with Gasteiger partial charge in [0.15, 0.2) is 0 Å². The van der Waals surface area contributed by atoms with Crippen LogP contribution in [0.5, 0.6) is 0 Å². The Morgan fingerprint density at radius 2 is 1.78 bits per heavy atom. The number of carbonyl (C=O) groups excluding carboxylic acids is 1. The molecule has 1 fully saturated rings. The summed E-state index contributed by atoms with van der Waals surface area (Å²) in [7, 11) is 0.